The number of ketones is 1. The summed E-state index contributed by atoms with van der Waals surface area (Å²) in [4.78, 5) is 16.4. The van der Waals surface area contributed by atoms with E-state index in [-0.39, 0.29) is 12.2 Å². The number of Topliss-reactive ketones (excluding diaryl/α,β-unsaturated/α-hetero) is 1. The maximum Gasteiger partial charge on any atom is 0.171 e. The fourth-order valence-electron chi connectivity index (χ4n) is 1.75. The molecule has 2 rings (SSSR count). The highest BCUT2D eigenvalue weighted by Gasteiger charge is 2.15. The van der Waals surface area contributed by atoms with Gasteiger partial charge in [-0.2, -0.15) is 0 Å². The average molecular weight is 328 g/mol. The van der Waals surface area contributed by atoms with Crippen molar-refractivity contribution in [2.45, 2.75) is 19.9 Å². The molecule has 0 amide bonds. The molecule has 5 heteroatoms. The van der Waals surface area contributed by atoms with Gasteiger partial charge in [-0.1, -0.05) is 17.7 Å². The van der Waals surface area contributed by atoms with Gasteiger partial charge in [-0.3, -0.25) is 4.79 Å². The number of rotatable bonds is 4. The van der Waals surface area contributed by atoms with Crippen LogP contribution in [-0.2, 0) is 13.0 Å². The van der Waals surface area contributed by atoms with Crippen molar-refractivity contribution in [3.05, 3.63) is 51.5 Å². The number of carbonyl (C=O) groups excluding carboxylic acids is 1. The fourth-order valence-corrected chi connectivity index (χ4v) is 2.35. The van der Waals surface area contributed by atoms with Gasteiger partial charge >= 0.3 is 0 Å². The second kappa shape index (κ2) is 5.67. The second-order valence-corrected chi connectivity index (χ2v) is 5.06. The van der Waals surface area contributed by atoms with Crippen molar-refractivity contribution in [2.75, 3.05) is 0 Å². The van der Waals surface area contributed by atoms with Gasteiger partial charge in [0.1, 0.15) is 5.82 Å². The van der Waals surface area contributed by atoms with Gasteiger partial charge in [0.2, 0.25) is 0 Å². The molecular weight excluding hydrogens is 316 g/mol. The Morgan fingerprint density at radius 1 is 1.50 bits per heavy atom. The molecule has 0 radical (unpaired) electrons. The Labute approximate surface area is 119 Å². The Hall–Kier alpha value is -1.13. The molecule has 0 saturated carbocycles. The molecule has 18 heavy (non-hydrogen) atoms. The van der Waals surface area contributed by atoms with Crippen LogP contribution in [0.2, 0.25) is 5.02 Å². The maximum atomic E-state index is 12.2. The zero-order valence-corrected chi connectivity index (χ0v) is 12.2. The molecule has 0 aliphatic rings. The van der Waals surface area contributed by atoms with Crippen LogP contribution in [0.25, 0.3) is 0 Å². The van der Waals surface area contributed by atoms with Gasteiger partial charge in [-0.05, 0) is 35.0 Å². The van der Waals surface area contributed by atoms with Crippen LogP contribution in [0, 0.1) is 0 Å². The van der Waals surface area contributed by atoms with Crippen LogP contribution < -0.4 is 0 Å². The highest BCUT2D eigenvalue weighted by molar-refractivity contribution is 9.10. The minimum atomic E-state index is -0.0257. The van der Waals surface area contributed by atoms with E-state index in [1.54, 1.807) is 18.3 Å². The zero-order valence-electron chi connectivity index (χ0n) is 9.86. The number of nitrogens with zero attached hydrogens (tertiary/aromatic N) is 2. The van der Waals surface area contributed by atoms with E-state index in [1.807, 2.05) is 23.8 Å². The molecule has 0 aliphatic heterocycles. The number of aryl methyl sites for hydroxylation is 1. The minimum Gasteiger partial charge on any atom is -0.335 e. The van der Waals surface area contributed by atoms with Crippen molar-refractivity contribution in [3.8, 4) is 0 Å². The van der Waals surface area contributed by atoms with Crippen LogP contribution in [0.1, 0.15) is 23.1 Å². The smallest absolute Gasteiger partial charge is 0.171 e. The number of carbonyl (C=O) groups is 1. The van der Waals surface area contributed by atoms with Gasteiger partial charge in [0.15, 0.2) is 5.78 Å². The fraction of sp³-hybridized carbons (Fsp3) is 0.231. The van der Waals surface area contributed by atoms with E-state index < -0.39 is 0 Å². The summed E-state index contributed by atoms with van der Waals surface area (Å²) >= 11 is 9.42. The van der Waals surface area contributed by atoms with E-state index >= 15 is 0 Å². The van der Waals surface area contributed by atoms with Crippen molar-refractivity contribution in [1.82, 2.24) is 9.55 Å². The van der Waals surface area contributed by atoms with E-state index in [1.165, 1.54) is 0 Å². The van der Waals surface area contributed by atoms with Gasteiger partial charge in [0.25, 0.3) is 0 Å². The third-order valence-corrected chi connectivity index (χ3v) is 4.01. The van der Waals surface area contributed by atoms with E-state index in [4.69, 9.17) is 11.6 Å². The number of hydrogen-bond donors (Lipinski definition) is 0. The highest BCUT2D eigenvalue weighted by atomic mass is 79.9. The summed E-state index contributed by atoms with van der Waals surface area (Å²) in [7, 11) is 0. The molecule has 0 N–H and O–H groups in total. The maximum absolute atomic E-state index is 12.2. The Morgan fingerprint density at radius 3 is 3.00 bits per heavy atom. The van der Waals surface area contributed by atoms with Crippen molar-refractivity contribution in [3.63, 3.8) is 0 Å². The lowest BCUT2D eigenvalue weighted by atomic mass is 10.1. The number of hydrogen-bond acceptors (Lipinski definition) is 2. The monoisotopic (exact) mass is 326 g/mol. The first-order chi connectivity index (χ1) is 8.63. The molecule has 1 aromatic carbocycles. The molecule has 0 unspecified atom stereocenters. The van der Waals surface area contributed by atoms with Crippen LogP contribution in [0.4, 0.5) is 0 Å². The molecule has 1 aromatic heterocycles. The number of halogens is 2. The van der Waals surface area contributed by atoms with E-state index in [2.05, 4.69) is 20.9 Å². The first kappa shape index (κ1) is 13.3. The van der Waals surface area contributed by atoms with E-state index in [0.717, 1.165) is 16.8 Å². The van der Waals surface area contributed by atoms with Gasteiger partial charge in [0.05, 0.1) is 11.4 Å². The number of benzene rings is 1. The quantitative estimate of drug-likeness (QED) is 0.802. The molecule has 3 nitrogen and oxygen atoms in total. The normalized spacial score (nSPS) is 10.6. The predicted octanol–water partition coefficient (Wildman–Crippen LogP) is 3.74. The average Bonchev–Trinajstić information content (AvgIpc) is 2.79. The van der Waals surface area contributed by atoms with Gasteiger partial charge < -0.3 is 4.57 Å². The topological polar surface area (TPSA) is 34.9 Å². The lowest BCUT2D eigenvalue weighted by Gasteiger charge is -2.06. The van der Waals surface area contributed by atoms with E-state index in [0.29, 0.717) is 10.6 Å². The zero-order chi connectivity index (χ0) is 13.1. The number of imidazole rings is 1. The summed E-state index contributed by atoms with van der Waals surface area (Å²) in [6.07, 6.45) is 3.83. The molecule has 0 fully saturated rings. The standard InChI is InChI=1S/C13H12BrClN2O/c1-2-17-7-6-16-12(17)8-11(18)9-4-3-5-10(14)13(9)15/h3-7H,2,8H2,1H3. The molecule has 94 valence electrons. The summed E-state index contributed by atoms with van der Waals surface area (Å²) in [5.41, 5.74) is 0.525. The molecule has 1 heterocycles. The molecular formula is C13H12BrClN2O. The summed E-state index contributed by atoms with van der Waals surface area (Å²) < 4.78 is 2.68. The summed E-state index contributed by atoms with van der Waals surface area (Å²) in [5.74, 6) is 0.737. The van der Waals surface area contributed by atoms with Crippen LogP contribution in [-0.4, -0.2) is 15.3 Å². The van der Waals surface area contributed by atoms with Gasteiger partial charge in [0, 0.05) is 29.0 Å². The largest absolute Gasteiger partial charge is 0.335 e. The number of aromatic nitrogens is 2. The SMILES string of the molecule is CCn1ccnc1CC(=O)c1cccc(Br)c1Cl. The lowest BCUT2D eigenvalue weighted by Crippen LogP contribution is -2.10. The van der Waals surface area contributed by atoms with Gasteiger partial charge in [-0.15, -0.1) is 0 Å². The van der Waals surface area contributed by atoms with Crippen LogP contribution >= 0.6 is 27.5 Å². The van der Waals surface area contributed by atoms with Crippen molar-refractivity contribution in [2.24, 2.45) is 0 Å². The summed E-state index contributed by atoms with van der Waals surface area (Å²) in [5, 5.41) is 0.456. The summed E-state index contributed by atoms with van der Waals surface area (Å²) in [6.45, 7) is 2.82. The first-order valence-electron chi connectivity index (χ1n) is 5.60. The van der Waals surface area contributed by atoms with Crippen molar-refractivity contribution in [1.29, 1.82) is 0 Å². The van der Waals surface area contributed by atoms with Crippen LogP contribution in [0.3, 0.4) is 0 Å². The van der Waals surface area contributed by atoms with Crippen molar-refractivity contribution >= 4 is 33.3 Å². The minimum absolute atomic E-state index is 0.0257. The Balaban J connectivity index is 2.25. The Kier molecular flexibility index (Phi) is 4.19. The molecule has 0 saturated heterocycles. The highest BCUT2D eigenvalue weighted by Crippen LogP contribution is 2.26. The van der Waals surface area contributed by atoms with Crippen LogP contribution in [0.15, 0.2) is 35.1 Å². The molecule has 0 aliphatic carbocycles. The molecule has 0 bridgehead atoms. The predicted molar refractivity (Wildman–Crippen MR) is 75.1 cm³/mol. The first-order valence-corrected chi connectivity index (χ1v) is 6.77. The Bertz CT molecular complexity index is 580. The van der Waals surface area contributed by atoms with E-state index in [9.17, 15) is 4.79 Å². The Morgan fingerprint density at radius 2 is 2.28 bits per heavy atom. The molecule has 0 atom stereocenters. The van der Waals surface area contributed by atoms with Crippen LogP contribution in [0.5, 0.6) is 0 Å². The third kappa shape index (κ3) is 2.65. The molecule has 0 spiro atoms. The second-order valence-electron chi connectivity index (χ2n) is 3.83. The van der Waals surface area contributed by atoms with Gasteiger partial charge in [-0.25, -0.2) is 4.98 Å². The lowest BCUT2D eigenvalue weighted by molar-refractivity contribution is 0.0990. The third-order valence-electron chi connectivity index (χ3n) is 2.71. The van der Waals surface area contributed by atoms with Crippen molar-refractivity contribution < 1.29 is 4.79 Å². The molecule has 2 aromatic rings. The summed E-state index contributed by atoms with van der Waals surface area (Å²) in [6, 6.07) is 5.34.